The Morgan fingerprint density at radius 3 is 2.61 bits per heavy atom. The van der Waals surface area contributed by atoms with Crippen LogP contribution in [0.1, 0.15) is 44.7 Å². The molecule has 2 atom stereocenters. The van der Waals surface area contributed by atoms with Crippen molar-refractivity contribution >= 4 is 11.6 Å². The average Bonchev–Trinajstić information content (AvgIpc) is 2.39. The monoisotopic (exact) mass is 269 g/mol. The summed E-state index contributed by atoms with van der Waals surface area (Å²) in [5.41, 5.74) is 1.19. The van der Waals surface area contributed by atoms with Gasteiger partial charge in [-0.3, -0.25) is 0 Å². The second kappa shape index (κ2) is 8.52. The van der Waals surface area contributed by atoms with Crippen molar-refractivity contribution in [1.29, 1.82) is 0 Å². The molecule has 0 aliphatic rings. The molecule has 0 amide bonds. The van der Waals surface area contributed by atoms with Crippen molar-refractivity contribution in [2.24, 2.45) is 0 Å². The molecular weight excluding hydrogens is 246 g/mol. The zero-order valence-corrected chi connectivity index (χ0v) is 12.3. The third-order valence-corrected chi connectivity index (χ3v) is 3.53. The SMILES string of the molecule is CCCNC(CCC(C)OC)c1ccccc1Cl. The van der Waals surface area contributed by atoms with Gasteiger partial charge in [0, 0.05) is 18.2 Å². The van der Waals surface area contributed by atoms with E-state index >= 15 is 0 Å². The van der Waals surface area contributed by atoms with E-state index in [-0.39, 0.29) is 0 Å². The maximum Gasteiger partial charge on any atom is 0.0543 e. The lowest BCUT2D eigenvalue weighted by molar-refractivity contribution is 0.106. The van der Waals surface area contributed by atoms with Gasteiger partial charge in [-0.25, -0.2) is 0 Å². The van der Waals surface area contributed by atoms with E-state index in [1.165, 1.54) is 5.56 Å². The first-order chi connectivity index (χ1) is 8.69. The van der Waals surface area contributed by atoms with E-state index in [2.05, 4.69) is 25.2 Å². The molecule has 0 saturated carbocycles. The fourth-order valence-electron chi connectivity index (χ4n) is 1.96. The third-order valence-electron chi connectivity index (χ3n) is 3.19. The molecule has 3 heteroatoms. The first-order valence-corrected chi connectivity index (χ1v) is 7.07. The largest absolute Gasteiger partial charge is 0.382 e. The van der Waals surface area contributed by atoms with Crippen molar-refractivity contribution in [2.45, 2.75) is 45.3 Å². The van der Waals surface area contributed by atoms with Gasteiger partial charge in [0.1, 0.15) is 0 Å². The first-order valence-electron chi connectivity index (χ1n) is 6.69. The molecule has 102 valence electrons. The van der Waals surface area contributed by atoms with Gasteiger partial charge in [-0.1, -0.05) is 36.7 Å². The van der Waals surface area contributed by atoms with Gasteiger partial charge in [-0.2, -0.15) is 0 Å². The highest BCUT2D eigenvalue weighted by atomic mass is 35.5. The van der Waals surface area contributed by atoms with Crippen LogP contribution in [0.25, 0.3) is 0 Å². The van der Waals surface area contributed by atoms with Crippen molar-refractivity contribution in [2.75, 3.05) is 13.7 Å². The molecule has 18 heavy (non-hydrogen) atoms. The Hall–Kier alpha value is -0.570. The fraction of sp³-hybridized carbons (Fsp3) is 0.600. The van der Waals surface area contributed by atoms with Crippen LogP contribution in [0.4, 0.5) is 0 Å². The number of hydrogen-bond donors (Lipinski definition) is 1. The van der Waals surface area contributed by atoms with Gasteiger partial charge in [0.2, 0.25) is 0 Å². The zero-order valence-electron chi connectivity index (χ0n) is 11.6. The molecule has 1 aromatic carbocycles. The van der Waals surface area contributed by atoms with E-state index in [1.807, 2.05) is 18.2 Å². The predicted octanol–water partition coefficient (Wildman–Crippen LogP) is 4.20. The van der Waals surface area contributed by atoms with Crippen molar-refractivity contribution in [3.05, 3.63) is 34.9 Å². The average molecular weight is 270 g/mol. The predicted molar refractivity (Wildman–Crippen MR) is 78.2 cm³/mol. The Bertz CT molecular complexity index is 343. The molecule has 1 rings (SSSR count). The van der Waals surface area contributed by atoms with Gasteiger partial charge in [-0.15, -0.1) is 0 Å². The molecule has 0 saturated heterocycles. The van der Waals surface area contributed by atoms with Gasteiger partial charge >= 0.3 is 0 Å². The minimum Gasteiger partial charge on any atom is -0.382 e. The molecule has 0 heterocycles. The van der Waals surface area contributed by atoms with E-state index < -0.39 is 0 Å². The summed E-state index contributed by atoms with van der Waals surface area (Å²) >= 11 is 6.28. The molecule has 1 aromatic rings. The van der Waals surface area contributed by atoms with Gasteiger partial charge in [0.05, 0.1) is 6.10 Å². The summed E-state index contributed by atoms with van der Waals surface area (Å²) in [7, 11) is 1.76. The smallest absolute Gasteiger partial charge is 0.0543 e. The Morgan fingerprint density at radius 2 is 2.00 bits per heavy atom. The van der Waals surface area contributed by atoms with Crippen LogP contribution in [0.5, 0.6) is 0 Å². The van der Waals surface area contributed by atoms with Crippen LogP contribution in [0.2, 0.25) is 5.02 Å². The summed E-state index contributed by atoms with van der Waals surface area (Å²) in [6, 6.07) is 8.39. The quantitative estimate of drug-likeness (QED) is 0.764. The van der Waals surface area contributed by atoms with E-state index in [1.54, 1.807) is 7.11 Å². The van der Waals surface area contributed by atoms with Crippen molar-refractivity contribution in [3.8, 4) is 0 Å². The highest BCUT2D eigenvalue weighted by molar-refractivity contribution is 6.31. The maximum absolute atomic E-state index is 6.28. The van der Waals surface area contributed by atoms with E-state index in [4.69, 9.17) is 16.3 Å². The van der Waals surface area contributed by atoms with Gasteiger partial charge in [0.15, 0.2) is 0 Å². The Balaban J connectivity index is 2.68. The molecule has 0 aromatic heterocycles. The number of benzene rings is 1. The molecule has 2 unspecified atom stereocenters. The number of halogens is 1. The van der Waals surface area contributed by atoms with Crippen LogP contribution in [0, 0.1) is 0 Å². The molecule has 0 fully saturated rings. The normalized spacial score (nSPS) is 14.4. The number of nitrogens with one attached hydrogen (secondary N) is 1. The highest BCUT2D eigenvalue weighted by Crippen LogP contribution is 2.26. The lowest BCUT2D eigenvalue weighted by atomic mass is 10.00. The molecule has 0 spiro atoms. The van der Waals surface area contributed by atoms with Gasteiger partial charge in [-0.05, 0) is 44.4 Å². The molecule has 0 aliphatic carbocycles. The molecule has 0 aliphatic heterocycles. The Labute approximate surface area is 116 Å². The zero-order chi connectivity index (χ0) is 13.4. The second-order valence-electron chi connectivity index (χ2n) is 4.65. The summed E-state index contributed by atoms with van der Waals surface area (Å²) < 4.78 is 5.31. The summed E-state index contributed by atoms with van der Waals surface area (Å²) in [6.07, 6.45) is 3.49. The Morgan fingerprint density at radius 1 is 1.28 bits per heavy atom. The number of rotatable bonds is 8. The topological polar surface area (TPSA) is 21.3 Å². The summed E-state index contributed by atoms with van der Waals surface area (Å²) in [4.78, 5) is 0. The first kappa shape index (κ1) is 15.5. The van der Waals surface area contributed by atoms with E-state index in [0.717, 1.165) is 30.8 Å². The van der Waals surface area contributed by atoms with Crippen molar-refractivity contribution < 1.29 is 4.74 Å². The van der Waals surface area contributed by atoms with Crippen LogP contribution in [-0.2, 0) is 4.74 Å². The fourth-order valence-corrected chi connectivity index (χ4v) is 2.23. The lowest BCUT2D eigenvalue weighted by Gasteiger charge is -2.21. The summed E-state index contributed by atoms with van der Waals surface area (Å²) in [6.45, 7) is 5.29. The maximum atomic E-state index is 6.28. The molecule has 2 nitrogen and oxygen atoms in total. The minimum absolute atomic E-state index is 0.290. The highest BCUT2D eigenvalue weighted by Gasteiger charge is 2.14. The third kappa shape index (κ3) is 4.97. The minimum atomic E-state index is 0.290. The number of ether oxygens (including phenoxy) is 1. The Kier molecular flexibility index (Phi) is 7.33. The van der Waals surface area contributed by atoms with E-state index in [0.29, 0.717) is 12.1 Å². The van der Waals surface area contributed by atoms with Crippen LogP contribution >= 0.6 is 11.6 Å². The van der Waals surface area contributed by atoms with Crippen molar-refractivity contribution in [1.82, 2.24) is 5.32 Å². The van der Waals surface area contributed by atoms with Gasteiger partial charge in [0.25, 0.3) is 0 Å². The van der Waals surface area contributed by atoms with Crippen LogP contribution < -0.4 is 5.32 Å². The molecule has 0 bridgehead atoms. The second-order valence-corrected chi connectivity index (χ2v) is 5.06. The van der Waals surface area contributed by atoms with Gasteiger partial charge < -0.3 is 10.1 Å². The van der Waals surface area contributed by atoms with Crippen LogP contribution in [0.15, 0.2) is 24.3 Å². The van der Waals surface area contributed by atoms with Crippen molar-refractivity contribution in [3.63, 3.8) is 0 Å². The van der Waals surface area contributed by atoms with Crippen LogP contribution in [-0.4, -0.2) is 19.8 Å². The number of hydrogen-bond acceptors (Lipinski definition) is 2. The summed E-state index contributed by atoms with van der Waals surface area (Å²) in [5.74, 6) is 0. The number of methoxy groups -OCH3 is 1. The molecular formula is C15H24ClNO. The van der Waals surface area contributed by atoms with E-state index in [9.17, 15) is 0 Å². The molecule has 1 N–H and O–H groups in total. The molecule has 0 radical (unpaired) electrons. The lowest BCUT2D eigenvalue weighted by Crippen LogP contribution is -2.23. The summed E-state index contributed by atoms with van der Waals surface area (Å²) in [5, 5.41) is 4.41. The standard InChI is InChI=1S/C15H24ClNO/c1-4-11-17-15(10-9-12(2)18-3)13-7-5-6-8-14(13)16/h5-8,12,15,17H,4,9-11H2,1-3H3. The van der Waals surface area contributed by atoms with Crippen LogP contribution in [0.3, 0.4) is 0 Å².